The molecule has 2 saturated heterocycles. The van der Waals surface area contributed by atoms with Crippen molar-refractivity contribution in [1.82, 2.24) is 10.4 Å². The first kappa shape index (κ1) is 8.48. The van der Waals surface area contributed by atoms with Crippen LogP contribution in [-0.4, -0.2) is 38.4 Å². The zero-order valence-electron chi connectivity index (χ0n) is 7.81. The van der Waals surface area contributed by atoms with E-state index in [1.807, 2.05) is 0 Å². The van der Waals surface area contributed by atoms with Crippen molar-refractivity contribution in [2.45, 2.75) is 19.3 Å². The Hall–Kier alpha value is -0.120. The third kappa shape index (κ3) is 1.49. The molecule has 0 atom stereocenters. The second-order valence-corrected chi connectivity index (χ2v) is 4.05. The van der Waals surface area contributed by atoms with Crippen LogP contribution in [-0.2, 0) is 4.84 Å². The molecule has 12 heavy (non-hydrogen) atoms. The molecule has 70 valence electrons. The highest BCUT2D eigenvalue weighted by Crippen LogP contribution is 2.38. The Morgan fingerprint density at radius 2 is 2.00 bits per heavy atom. The molecule has 2 aliphatic heterocycles. The Bertz CT molecular complexity index is 155. The van der Waals surface area contributed by atoms with Crippen LogP contribution in [0.1, 0.15) is 19.3 Å². The summed E-state index contributed by atoms with van der Waals surface area (Å²) in [6.07, 6.45) is 3.97. The van der Waals surface area contributed by atoms with Crippen molar-refractivity contribution in [3.8, 4) is 0 Å². The summed E-state index contributed by atoms with van der Waals surface area (Å²) < 4.78 is 0. The molecule has 0 bridgehead atoms. The molecule has 3 heteroatoms. The fourth-order valence-corrected chi connectivity index (χ4v) is 2.42. The molecule has 2 aliphatic rings. The summed E-state index contributed by atoms with van der Waals surface area (Å²) in [5.74, 6) is 0. The van der Waals surface area contributed by atoms with Crippen LogP contribution >= 0.6 is 0 Å². The fraction of sp³-hybridized carbons (Fsp3) is 1.00. The summed E-state index contributed by atoms with van der Waals surface area (Å²) in [7, 11) is 1.78. The second kappa shape index (κ2) is 3.32. The zero-order chi connectivity index (χ0) is 8.44. The molecule has 1 spiro atoms. The Morgan fingerprint density at radius 1 is 1.25 bits per heavy atom. The van der Waals surface area contributed by atoms with Gasteiger partial charge in [0.2, 0.25) is 0 Å². The van der Waals surface area contributed by atoms with Crippen LogP contribution in [0.2, 0.25) is 0 Å². The molecule has 2 rings (SSSR count). The zero-order valence-corrected chi connectivity index (χ0v) is 7.81. The SMILES string of the molecule is CON1CCC2(CCNCC2)C1. The average Bonchev–Trinajstić information content (AvgIpc) is 2.50. The largest absolute Gasteiger partial charge is 0.317 e. The molecule has 0 radical (unpaired) electrons. The monoisotopic (exact) mass is 170 g/mol. The standard InChI is InChI=1S/C9H18N2O/c1-12-11-7-4-9(8-11)2-5-10-6-3-9/h10H,2-8H2,1H3. The smallest absolute Gasteiger partial charge is 0.0575 e. The van der Waals surface area contributed by atoms with E-state index < -0.39 is 0 Å². The highest BCUT2D eigenvalue weighted by molar-refractivity contribution is 4.90. The third-order valence-corrected chi connectivity index (χ3v) is 3.33. The molecular weight excluding hydrogens is 152 g/mol. The minimum atomic E-state index is 0.585. The van der Waals surface area contributed by atoms with Crippen LogP contribution in [0, 0.1) is 5.41 Å². The van der Waals surface area contributed by atoms with Crippen molar-refractivity contribution in [2.75, 3.05) is 33.3 Å². The normalized spacial score (nSPS) is 29.8. The fourth-order valence-electron chi connectivity index (χ4n) is 2.42. The first-order chi connectivity index (χ1) is 5.85. The van der Waals surface area contributed by atoms with Gasteiger partial charge in [-0.3, -0.25) is 0 Å². The minimum absolute atomic E-state index is 0.585. The van der Waals surface area contributed by atoms with Crippen LogP contribution in [0.4, 0.5) is 0 Å². The Labute approximate surface area is 74.0 Å². The van der Waals surface area contributed by atoms with Gasteiger partial charge in [0, 0.05) is 13.1 Å². The molecule has 0 aromatic heterocycles. The van der Waals surface area contributed by atoms with Crippen LogP contribution < -0.4 is 5.32 Å². The Balaban J connectivity index is 1.94. The van der Waals surface area contributed by atoms with Gasteiger partial charge in [0.25, 0.3) is 0 Å². The van der Waals surface area contributed by atoms with Gasteiger partial charge in [-0.1, -0.05) is 0 Å². The quantitative estimate of drug-likeness (QED) is 0.624. The Kier molecular flexibility index (Phi) is 2.35. The second-order valence-electron chi connectivity index (χ2n) is 4.05. The summed E-state index contributed by atoms with van der Waals surface area (Å²) in [6.45, 7) is 4.65. The van der Waals surface area contributed by atoms with Crippen molar-refractivity contribution < 1.29 is 4.84 Å². The van der Waals surface area contributed by atoms with Gasteiger partial charge in [0.15, 0.2) is 0 Å². The van der Waals surface area contributed by atoms with E-state index in [-0.39, 0.29) is 0 Å². The predicted molar refractivity (Wildman–Crippen MR) is 47.7 cm³/mol. The molecule has 0 saturated carbocycles. The number of hydrogen-bond donors (Lipinski definition) is 1. The number of piperidine rings is 1. The molecular formula is C9H18N2O. The van der Waals surface area contributed by atoms with Crippen LogP contribution in [0.5, 0.6) is 0 Å². The lowest BCUT2D eigenvalue weighted by Gasteiger charge is -2.33. The summed E-state index contributed by atoms with van der Waals surface area (Å²) >= 11 is 0. The number of hydrogen-bond acceptors (Lipinski definition) is 3. The predicted octanol–water partition coefficient (Wildman–Crippen LogP) is 0.623. The lowest BCUT2D eigenvalue weighted by atomic mass is 9.78. The van der Waals surface area contributed by atoms with Gasteiger partial charge in [0.1, 0.15) is 0 Å². The maximum absolute atomic E-state index is 5.25. The first-order valence-electron chi connectivity index (χ1n) is 4.84. The van der Waals surface area contributed by atoms with Crippen LogP contribution in [0.25, 0.3) is 0 Å². The Morgan fingerprint density at radius 3 is 2.58 bits per heavy atom. The maximum Gasteiger partial charge on any atom is 0.0575 e. The molecule has 0 amide bonds. The minimum Gasteiger partial charge on any atom is -0.317 e. The number of rotatable bonds is 1. The molecule has 2 heterocycles. The lowest BCUT2D eigenvalue weighted by molar-refractivity contribution is -0.120. The third-order valence-electron chi connectivity index (χ3n) is 3.33. The van der Waals surface area contributed by atoms with E-state index in [1.54, 1.807) is 7.11 Å². The van der Waals surface area contributed by atoms with E-state index in [4.69, 9.17) is 4.84 Å². The van der Waals surface area contributed by atoms with Gasteiger partial charge in [-0.25, -0.2) is 0 Å². The van der Waals surface area contributed by atoms with Crippen molar-refractivity contribution in [1.29, 1.82) is 0 Å². The van der Waals surface area contributed by atoms with E-state index in [9.17, 15) is 0 Å². The van der Waals surface area contributed by atoms with Gasteiger partial charge in [-0.15, -0.1) is 0 Å². The number of nitrogens with one attached hydrogen (secondary N) is 1. The summed E-state index contributed by atoms with van der Waals surface area (Å²) in [5, 5.41) is 5.51. The van der Waals surface area contributed by atoms with E-state index in [2.05, 4.69) is 10.4 Å². The summed E-state index contributed by atoms with van der Waals surface area (Å²) in [5.41, 5.74) is 0.585. The highest BCUT2D eigenvalue weighted by atomic mass is 16.7. The molecule has 0 aromatic rings. The van der Waals surface area contributed by atoms with Gasteiger partial charge >= 0.3 is 0 Å². The van der Waals surface area contributed by atoms with Crippen LogP contribution in [0.3, 0.4) is 0 Å². The summed E-state index contributed by atoms with van der Waals surface area (Å²) in [6, 6.07) is 0. The molecule has 0 aliphatic carbocycles. The molecule has 3 nitrogen and oxygen atoms in total. The van der Waals surface area contributed by atoms with E-state index in [1.165, 1.54) is 32.4 Å². The van der Waals surface area contributed by atoms with E-state index >= 15 is 0 Å². The first-order valence-corrected chi connectivity index (χ1v) is 4.84. The lowest BCUT2D eigenvalue weighted by Crippen LogP contribution is -2.38. The van der Waals surface area contributed by atoms with Crippen molar-refractivity contribution in [3.63, 3.8) is 0 Å². The van der Waals surface area contributed by atoms with E-state index in [0.29, 0.717) is 5.41 Å². The molecule has 2 fully saturated rings. The molecule has 1 N–H and O–H groups in total. The number of hydroxylamine groups is 2. The van der Waals surface area contributed by atoms with Gasteiger partial charge in [-0.2, -0.15) is 5.06 Å². The van der Waals surface area contributed by atoms with Gasteiger partial charge in [0.05, 0.1) is 7.11 Å². The topological polar surface area (TPSA) is 24.5 Å². The number of nitrogens with zero attached hydrogens (tertiary/aromatic N) is 1. The molecule has 0 aromatic carbocycles. The summed E-state index contributed by atoms with van der Waals surface area (Å²) in [4.78, 5) is 5.25. The van der Waals surface area contributed by atoms with Gasteiger partial charge < -0.3 is 10.2 Å². The van der Waals surface area contributed by atoms with Gasteiger partial charge in [-0.05, 0) is 37.8 Å². The maximum atomic E-state index is 5.25. The van der Waals surface area contributed by atoms with Crippen LogP contribution in [0.15, 0.2) is 0 Å². The van der Waals surface area contributed by atoms with E-state index in [0.717, 1.165) is 13.1 Å². The van der Waals surface area contributed by atoms with Crippen molar-refractivity contribution in [3.05, 3.63) is 0 Å². The van der Waals surface area contributed by atoms with Crippen molar-refractivity contribution >= 4 is 0 Å². The highest BCUT2D eigenvalue weighted by Gasteiger charge is 2.38. The van der Waals surface area contributed by atoms with Crippen molar-refractivity contribution in [2.24, 2.45) is 5.41 Å². The average molecular weight is 170 g/mol. The molecule has 0 unspecified atom stereocenters.